The lowest BCUT2D eigenvalue weighted by Gasteiger charge is -2.15. The number of hydrogen-bond donors (Lipinski definition) is 0. The molecule has 0 radical (unpaired) electrons. The highest BCUT2D eigenvalue weighted by Crippen LogP contribution is 2.33. The molecule has 1 aromatic heterocycles. The number of carbonyl (C=O) groups is 1. The molecule has 118 valence electrons. The molecule has 0 N–H and O–H groups in total. The zero-order valence-corrected chi connectivity index (χ0v) is 11.3. The maximum Gasteiger partial charge on any atom is 0.574 e. The van der Waals surface area contributed by atoms with Crippen LogP contribution in [0.5, 0.6) is 5.88 Å². The summed E-state index contributed by atoms with van der Waals surface area (Å²) in [5.74, 6) is -2.61. The monoisotopic (exact) mass is 333 g/mol. The maximum atomic E-state index is 12.9. The summed E-state index contributed by atoms with van der Waals surface area (Å²) in [5, 5.41) is 0. The van der Waals surface area contributed by atoms with Gasteiger partial charge >= 0.3 is 12.3 Å². The number of nitrogens with zero attached hydrogens (tertiary/aromatic N) is 1. The molecule has 0 unspecified atom stereocenters. The molecule has 0 spiro atoms. The summed E-state index contributed by atoms with van der Waals surface area (Å²) in [6.07, 6.45) is -8.81. The second kappa shape index (κ2) is 6.88. The summed E-state index contributed by atoms with van der Waals surface area (Å²) in [6.45, 7) is 0. The van der Waals surface area contributed by atoms with Crippen LogP contribution >= 0.6 is 11.6 Å². The Balaban J connectivity index is 3.33. The molecule has 0 saturated carbocycles. The SMILES string of the molecule is COC(=O)Cc1cc(C(F)F)c(CCl)c(OC(F)(F)F)n1. The number of rotatable bonds is 5. The quantitative estimate of drug-likeness (QED) is 0.471. The largest absolute Gasteiger partial charge is 0.574 e. The molecule has 0 atom stereocenters. The summed E-state index contributed by atoms with van der Waals surface area (Å²) >= 11 is 5.38. The lowest BCUT2D eigenvalue weighted by atomic mass is 10.1. The summed E-state index contributed by atoms with van der Waals surface area (Å²) < 4.78 is 70.5. The first kappa shape index (κ1) is 17.4. The van der Waals surface area contributed by atoms with Crippen molar-refractivity contribution >= 4 is 17.6 Å². The van der Waals surface area contributed by atoms with E-state index in [1.807, 2.05) is 0 Å². The summed E-state index contributed by atoms with van der Waals surface area (Å²) in [6, 6.07) is 0.794. The van der Waals surface area contributed by atoms with Crippen molar-refractivity contribution in [3.05, 3.63) is 22.9 Å². The number of methoxy groups -OCH3 is 1. The number of hydrogen-bond acceptors (Lipinski definition) is 4. The third-order valence-electron chi connectivity index (χ3n) is 2.31. The smallest absolute Gasteiger partial charge is 0.469 e. The van der Waals surface area contributed by atoms with Crippen molar-refractivity contribution in [1.82, 2.24) is 4.98 Å². The van der Waals surface area contributed by atoms with E-state index in [2.05, 4.69) is 14.5 Å². The number of ether oxygens (including phenoxy) is 2. The van der Waals surface area contributed by atoms with E-state index in [9.17, 15) is 26.7 Å². The average molecular weight is 334 g/mol. The zero-order valence-electron chi connectivity index (χ0n) is 10.5. The van der Waals surface area contributed by atoms with Crippen molar-refractivity contribution in [3.8, 4) is 5.88 Å². The molecule has 0 aliphatic heterocycles. The molecule has 1 aromatic rings. The topological polar surface area (TPSA) is 48.4 Å². The molecule has 0 amide bonds. The van der Waals surface area contributed by atoms with E-state index >= 15 is 0 Å². The lowest BCUT2D eigenvalue weighted by molar-refractivity contribution is -0.276. The Bertz CT molecular complexity index is 521. The fourth-order valence-electron chi connectivity index (χ4n) is 1.45. The second-order valence-electron chi connectivity index (χ2n) is 3.72. The molecule has 0 aliphatic rings. The van der Waals surface area contributed by atoms with Gasteiger partial charge in [0.1, 0.15) is 0 Å². The molecule has 10 heteroatoms. The Morgan fingerprint density at radius 3 is 2.48 bits per heavy atom. The van der Waals surface area contributed by atoms with Gasteiger partial charge in [-0.25, -0.2) is 13.8 Å². The van der Waals surface area contributed by atoms with Gasteiger partial charge in [-0.3, -0.25) is 4.79 Å². The van der Waals surface area contributed by atoms with Gasteiger partial charge < -0.3 is 9.47 Å². The third kappa shape index (κ3) is 5.00. The van der Waals surface area contributed by atoms with Crippen LogP contribution < -0.4 is 4.74 Å². The summed E-state index contributed by atoms with van der Waals surface area (Å²) in [4.78, 5) is 14.5. The Morgan fingerprint density at radius 1 is 1.43 bits per heavy atom. The normalized spacial score (nSPS) is 11.6. The average Bonchev–Trinajstić information content (AvgIpc) is 2.36. The van der Waals surface area contributed by atoms with Crippen molar-refractivity contribution in [2.75, 3.05) is 7.11 Å². The molecular formula is C11H9ClF5NO3. The Kier molecular flexibility index (Phi) is 5.70. The second-order valence-corrected chi connectivity index (χ2v) is 3.99. The van der Waals surface area contributed by atoms with Crippen LogP contribution in [0.4, 0.5) is 22.0 Å². The molecule has 1 heterocycles. The molecule has 0 aromatic carbocycles. The van der Waals surface area contributed by atoms with Crippen molar-refractivity contribution in [1.29, 1.82) is 0 Å². The first-order valence-corrected chi connectivity index (χ1v) is 5.90. The molecule has 0 aliphatic carbocycles. The van der Waals surface area contributed by atoms with E-state index in [0.29, 0.717) is 0 Å². The van der Waals surface area contributed by atoms with Crippen LogP contribution in [0, 0.1) is 0 Å². The van der Waals surface area contributed by atoms with Crippen molar-refractivity contribution in [3.63, 3.8) is 0 Å². The third-order valence-corrected chi connectivity index (χ3v) is 2.58. The van der Waals surface area contributed by atoms with E-state index in [0.717, 1.165) is 13.2 Å². The first-order valence-electron chi connectivity index (χ1n) is 5.37. The Morgan fingerprint density at radius 2 is 2.05 bits per heavy atom. The van der Waals surface area contributed by atoms with Gasteiger partial charge in [-0.05, 0) is 6.07 Å². The minimum absolute atomic E-state index is 0.342. The summed E-state index contributed by atoms with van der Waals surface area (Å²) in [7, 11) is 1.04. The van der Waals surface area contributed by atoms with Crippen molar-refractivity contribution in [2.45, 2.75) is 25.1 Å². The Hall–Kier alpha value is -1.64. The van der Waals surface area contributed by atoms with E-state index in [1.165, 1.54) is 0 Å². The van der Waals surface area contributed by atoms with Crippen molar-refractivity contribution in [2.24, 2.45) is 0 Å². The molecule has 0 bridgehead atoms. The van der Waals surface area contributed by atoms with Gasteiger partial charge in [0.2, 0.25) is 5.88 Å². The van der Waals surface area contributed by atoms with Gasteiger partial charge in [0.05, 0.1) is 25.1 Å². The molecule has 1 rings (SSSR count). The van der Waals surface area contributed by atoms with Crippen LogP contribution in [0.3, 0.4) is 0 Å². The number of pyridine rings is 1. The fourth-order valence-corrected chi connectivity index (χ4v) is 1.72. The molecule has 0 fully saturated rings. The number of carbonyl (C=O) groups excluding carboxylic acids is 1. The highest BCUT2D eigenvalue weighted by Gasteiger charge is 2.34. The zero-order chi connectivity index (χ0) is 16.2. The minimum Gasteiger partial charge on any atom is -0.469 e. The highest BCUT2D eigenvalue weighted by atomic mass is 35.5. The fraction of sp³-hybridized carbons (Fsp3) is 0.455. The summed E-state index contributed by atoms with van der Waals surface area (Å²) in [5.41, 5.74) is -1.71. The van der Waals surface area contributed by atoms with Gasteiger partial charge in [0, 0.05) is 11.1 Å². The van der Waals surface area contributed by atoms with E-state index in [4.69, 9.17) is 11.6 Å². The van der Waals surface area contributed by atoms with Crippen LogP contribution in [0.15, 0.2) is 6.07 Å². The van der Waals surface area contributed by atoms with Gasteiger partial charge in [-0.1, -0.05) is 0 Å². The number of halogens is 6. The van der Waals surface area contributed by atoms with Gasteiger partial charge in [-0.15, -0.1) is 24.8 Å². The molecule has 21 heavy (non-hydrogen) atoms. The van der Waals surface area contributed by atoms with Crippen LogP contribution in [0.2, 0.25) is 0 Å². The van der Waals surface area contributed by atoms with E-state index in [-0.39, 0.29) is 5.69 Å². The van der Waals surface area contributed by atoms with E-state index in [1.54, 1.807) is 0 Å². The standard InChI is InChI=1S/C11H9ClF5NO3/c1-20-8(19)3-5-2-6(9(13)14)7(4-12)10(18-5)21-11(15,16)17/h2,9H,3-4H2,1H3. The molecular weight excluding hydrogens is 325 g/mol. The van der Waals surface area contributed by atoms with Gasteiger partial charge in [0.25, 0.3) is 6.43 Å². The molecule has 0 saturated heterocycles. The van der Waals surface area contributed by atoms with Crippen molar-refractivity contribution < 1.29 is 36.2 Å². The van der Waals surface area contributed by atoms with Gasteiger partial charge in [-0.2, -0.15) is 0 Å². The van der Waals surface area contributed by atoms with Crippen LogP contribution in [-0.4, -0.2) is 24.4 Å². The van der Waals surface area contributed by atoms with Crippen LogP contribution in [-0.2, 0) is 21.8 Å². The van der Waals surface area contributed by atoms with E-state index < -0.39 is 48.1 Å². The Labute approximate surface area is 120 Å². The predicted molar refractivity (Wildman–Crippen MR) is 61.2 cm³/mol. The maximum absolute atomic E-state index is 12.9. The first-order chi connectivity index (χ1) is 9.67. The minimum atomic E-state index is -5.13. The van der Waals surface area contributed by atoms with Gasteiger partial charge in [0.15, 0.2) is 0 Å². The molecule has 4 nitrogen and oxygen atoms in total. The number of aromatic nitrogens is 1. The number of esters is 1. The highest BCUT2D eigenvalue weighted by molar-refractivity contribution is 6.17. The van der Waals surface area contributed by atoms with Crippen LogP contribution in [0.25, 0.3) is 0 Å². The lowest BCUT2D eigenvalue weighted by Crippen LogP contribution is -2.20. The van der Waals surface area contributed by atoms with Crippen LogP contribution in [0.1, 0.15) is 23.2 Å². The number of alkyl halides is 6. The predicted octanol–water partition coefficient (Wildman–Crippen LogP) is 3.37.